The minimum atomic E-state index is -3.59. The van der Waals surface area contributed by atoms with Gasteiger partial charge in [-0.2, -0.15) is 11.8 Å². The lowest BCUT2D eigenvalue weighted by atomic mass is 10.2. The first-order chi connectivity index (χ1) is 9.53. The van der Waals surface area contributed by atoms with Crippen molar-refractivity contribution in [2.75, 3.05) is 24.6 Å². The third-order valence-corrected chi connectivity index (χ3v) is 5.93. The molecule has 20 heavy (non-hydrogen) atoms. The van der Waals surface area contributed by atoms with Crippen LogP contribution in [0, 0.1) is 0 Å². The summed E-state index contributed by atoms with van der Waals surface area (Å²) in [5.41, 5.74) is 6.09. The van der Waals surface area contributed by atoms with E-state index < -0.39 is 10.0 Å². The number of nitrogens with two attached hydrogens (primary N) is 1. The minimum Gasteiger partial charge on any atom is -0.492 e. The van der Waals surface area contributed by atoms with Crippen LogP contribution in [0.25, 0.3) is 0 Å². The van der Waals surface area contributed by atoms with Gasteiger partial charge in [-0.3, -0.25) is 0 Å². The van der Waals surface area contributed by atoms with Crippen LogP contribution in [-0.2, 0) is 10.0 Å². The molecule has 0 aromatic heterocycles. The Kier molecular flexibility index (Phi) is 5.17. The van der Waals surface area contributed by atoms with Crippen molar-refractivity contribution in [3.63, 3.8) is 0 Å². The predicted molar refractivity (Wildman–Crippen MR) is 82.7 cm³/mol. The van der Waals surface area contributed by atoms with Crippen LogP contribution in [-0.4, -0.2) is 32.6 Å². The summed E-state index contributed by atoms with van der Waals surface area (Å²) in [4.78, 5) is 0.113. The third kappa shape index (κ3) is 3.80. The first-order valence-electron chi connectivity index (χ1n) is 6.66. The van der Waals surface area contributed by atoms with Gasteiger partial charge < -0.3 is 10.5 Å². The van der Waals surface area contributed by atoms with Gasteiger partial charge in [0.05, 0.1) is 6.61 Å². The van der Waals surface area contributed by atoms with Crippen molar-refractivity contribution in [3.8, 4) is 5.75 Å². The molecule has 112 valence electrons. The quantitative estimate of drug-likeness (QED) is 0.783. The zero-order valence-electron chi connectivity index (χ0n) is 11.5. The van der Waals surface area contributed by atoms with Crippen molar-refractivity contribution in [2.45, 2.75) is 29.9 Å². The Bertz CT molecular complexity index is 555. The number of sulfonamides is 1. The molecule has 2 rings (SSSR count). The van der Waals surface area contributed by atoms with Crippen molar-refractivity contribution in [3.05, 3.63) is 18.2 Å². The molecule has 1 aliphatic rings. The average Bonchev–Trinajstić information content (AvgIpc) is 2.92. The Hall–Kier alpha value is -0.920. The summed E-state index contributed by atoms with van der Waals surface area (Å²) in [7, 11) is -3.59. The molecule has 0 aliphatic carbocycles. The molecule has 0 saturated carbocycles. The predicted octanol–water partition coefficient (Wildman–Crippen LogP) is 1.84. The zero-order chi connectivity index (χ0) is 14.6. The molecule has 1 unspecified atom stereocenters. The highest BCUT2D eigenvalue weighted by molar-refractivity contribution is 8.00. The molecule has 1 saturated heterocycles. The van der Waals surface area contributed by atoms with Crippen molar-refractivity contribution in [1.82, 2.24) is 4.72 Å². The maximum Gasteiger partial charge on any atom is 0.244 e. The Morgan fingerprint density at radius 3 is 2.95 bits per heavy atom. The van der Waals surface area contributed by atoms with Crippen LogP contribution in [0.1, 0.15) is 19.8 Å². The lowest BCUT2D eigenvalue weighted by Gasteiger charge is -2.14. The van der Waals surface area contributed by atoms with Gasteiger partial charge in [0.25, 0.3) is 0 Å². The Labute approximate surface area is 124 Å². The smallest absolute Gasteiger partial charge is 0.244 e. The largest absolute Gasteiger partial charge is 0.492 e. The highest BCUT2D eigenvalue weighted by Gasteiger charge is 2.23. The molecule has 0 radical (unpaired) electrons. The summed E-state index contributed by atoms with van der Waals surface area (Å²) < 4.78 is 32.8. The van der Waals surface area contributed by atoms with Crippen LogP contribution in [0.15, 0.2) is 23.1 Å². The SMILES string of the molecule is CCOc1ccc(N)cc1S(=O)(=O)NCC1CCCS1. The standard InChI is InChI=1S/C13H20N2O3S2/c1-2-18-12-6-5-10(14)8-13(12)20(16,17)15-9-11-4-3-7-19-11/h5-6,8,11,15H,2-4,7,9,14H2,1H3. The summed E-state index contributed by atoms with van der Waals surface area (Å²) in [5.74, 6) is 1.45. The fourth-order valence-corrected chi connectivity index (χ4v) is 4.66. The summed E-state index contributed by atoms with van der Waals surface area (Å²) >= 11 is 1.81. The van der Waals surface area contributed by atoms with E-state index in [4.69, 9.17) is 10.5 Å². The van der Waals surface area contributed by atoms with E-state index >= 15 is 0 Å². The number of hydrogen-bond acceptors (Lipinski definition) is 5. The summed E-state index contributed by atoms with van der Waals surface area (Å²) in [5, 5.41) is 0.362. The Balaban J connectivity index is 2.16. The lowest BCUT2D eigenvalue weighted by Crippen LogP contribution is -2.30. The van der Waals surface area contributed by atoms with Gasteiger partial charge >= 0.3 is 0 Å². The molecule has 7 heteroatoms. The molecule has 5 nitrogen and oxygen atoms in total. The van der Waals surface area contributed by atoms with Crippen molar-refractivity contribution >= 4 is 27.5 Å². The first-order valence-corrected chi connectivity index (χ1v) is 9.19. The van der Waals surface area contributed by atoms with E-state index in [9.17, 15) is 8.42 Å². The second kappa shape index (κ2) is 6.69. The van der Waals surface area contributed by atoms with Crippen molar-refractivity contribution in [1.29, 1.82) is 0 Å². The minimum absolute atomic E-state index is 0.113. The average molecular weight is 316 g/mol. The molecule has 1 aliphatic heterocycles. The normalized spacial score (nSPS) is 19.1. The lowest BCUT2D eigenvalue weighted by molar-refractivity contribution is 0.331. The number of ether oxygens (including phenoxy) is 1. The number of nitrogen functional groups attached to an aromatic ring is 1. The molecule has 0 spiro atoms. The summed E-state index contributed by atoms with van der Waals surface area (Å²) in [6, 6.07) is 4.67. The van der Waals surface area contributed by atoms with Gasteiger partial charge in [-0.25, -0.2) is 13.1 Å². The highest BCUT2D eigenvalue weighted by atomic mass is 32.2. The van der Waals surface area contributed by atoms with E-state index in [1.807, 2.05) is 18.7 Å². The molecule has 0 bridgehead atoms. The molecule has 1 aromatic carbocycles. The molecular formula is C13H20N2O3S2. The first kappa shape index (κ1) is 15.5. The molecule has 1 atom stereocenters. The second-order valence-electron chi connectivity index (χ2n) is 4.63. The van der Waals surface area contributed by atoms with Crippen LogP contribution in [0.4, 0.5) is 5.69 Å². The number of anilines is 1. The van der Waals surface area contributed by atoms with Crippen LogP contribution in [0.2, 0.25) is 0 Å². The van der Waals surface area contributed by atoms with E-state index in [1.165, 1.54) is 6.07 Å². The molecular weight excluding hydrogens is 296 g/mol. The van der Waals surface area contributed by atoms with Gasteiger partial charge in [0, 0.05) is 17.5 Å². The van der Waals surface area contributed by atoms with Crippen molar-refractivity contribution in [2.24, 2.45) is 0 Å². The fourth-order valence-electron chi connectivity index (χ4n) is 2.10. The molecule has 0 amide bonds. The van der Waals surface area contributed by atoms with Crippen LogP contribution >= 0.6 is 11.8 Å². The zero-order valence-corrected chi connectivity index (χ0v) is 13.1. The third-order valence-electron chi connectivity index (χ3n) is 3.08. The Morgan fingerprint density at radius 1 is 1.50 bits per heavy atom. The topological polar surface area (TPSA) is 81.4 Å². The molecule has 3 N–H and O–H groups in total. The number of benzene rings is 1. The highest BCUT2D eigenvalue weighted by Crippen LogP contribution is 2.28. The van der Waals surface area contributed by atoms with E-state index in [1.54, 1.807) is 12.1 Å². The fraction of sp³-hybridized carbons (Fsp3) is 0.538. The van der Waals surface area contributed by atoms with Crippen LogP contribution in [0.3, 0.4) is 0 Å². The Morgan fingerprint density at radius 2 is 2.30 bits per heavy atom. The molecule has 1 heterocycles. The van der Waals surface area contributed by atoms with Gasteiger partial charge in [0.2, 0.25) is 10.0 Å². The summed E-state index contributed by atoms with van der Waals surface area (Å²) in [6.07, 6.45) is 2.21. The van der Waals surface area contributed by atoms with Crippen molar-refractivity contribution < 1.29 is 13.2 Å². The van der Waals surface area contributed by atoms with E-state index in [0.29, 0.717) is 29.8 Å². The van der Waals surface area contributed by atoms with Crippen LogP contribution < -0.4 is 15.2 Å². The molecule has 1 aromatic rings. The van der Waals surface area contributed by atoms with E-state index in [2.05, 4.69) is 4.72 Å². The second-order valence-corrected chi connectivity index (χ2v) is 7.77. The number of rotatable bonds is 6. The maximum absolute atomic E-state index is 12.4. The monoisotopic (exact) mass is 316 g/mol. The van der Waals surface area contributed by atoms with Crippen LogP contribution in [0.5, 0.6) is 5.75 Å². The van der Waals surface area contributed by atoms with Gasteiger partial charge in [0.1, 0.15) is 10.6 Å². The maximum atomic E-state index is 12.4. The van der Waals surface area contributed by atoms with E-state index in [0.717, 1.165) is 18.6 Å². The number of nitrogens with one attached hydrogen (secondary N) is 1. The summed E-state index contributed by atoms with van der Waals surface area (Å²) in [6.45, 7) is 2.67. The van der Waals surface area contributed by atoms with Gasteiger partial charge in [-0.15, -0.1) is 0 Å². The van der Waals surface area contributed by atoms with Gasteiger partial charge in [0.15, 0.2) is 0 Å². The molecule has 1 fully saturated rings. The van der Waals surface area contributed by atoms with Gasteiger partial charge in [-0.1, -0.05) is 0 Å². The van der Waals surface area contributed by atoms with E-state index in [-0.39, 0.29) is 4.90 Å². The number of hydrogen-bond donors (Lipinski definition) is 2. The number of thioether (sulfide) groups is 1. The van der Waals surface area contributed by atoms with Gasteiger partial charge in [-0.05, 0) is 43.7 Å².